The average Bonchev–Trinajstić information content (AvgIpc) is 3.34. The standard InChI is InChI=1S/C18H24N4/c1-13-2-6-16(8-19)18(20-13)22-11-15-5-7-17(12-22)21(10-15)9-14-3-4-14/h2,6,14-15,17H,3-5,7,9-12H2,1H3/t15-,17-/m0/s1. The Labute approximate surface area is 132 Å². The second-order valence-corrected chi connectivity index (χ2v) is 7.34. The number of piperidine rings is 1. The van der Waals surface area contributed by atoms with Crippen molar-refractivity contribution in [3.63, 3.8) is 0 Å². The molecule has 5 rings (SSSR count). The van der Waals surface area contributed by atoms with Crippen LogP contribution in [0.4, 0.5) is 5.82 Å². The van der Waals surface area contributed by atoms with Gasteiger partial charge in [-0.3, -0.25) is 4.90 Å². The van der Waals surface area contributed by atoms with Crippen LogP contribution in [0, 0.1) is 30.1 Å². The summed E-state index contributed by atoms with van der Waals surface area (Å²) in [5, 5.41) is 9.41. The molecule has 0 amide bonds. The van der Waals surface area contributed by atoms with Crippen LogP contribution in [0.25, 0.3) is 0 Å². The first-order valence-electron chi connectivity index (χ1n) is 8.59. The molecule has 0 spiro atoms. The van der Waals surface area contributed by atoms with Gasteiger partial charge in [-0.05, 0) is 56.6 Å². The van der Waals surface area contributed by atoms with Crippen molar-refractivity contribution in [1.29, 1.82) is 5.26 Å². The van der Waals surface area contributed by atoms with E-state index in [0.29, 0.717) is 6.04 Å². The molecule has 1 aliphatic carbocycles. The van der Waals surface area contributed by atoms with E-state index in [4.69, 9.17) is 0 Å². The molecule has 4 aliphatic rings. The molecule has 116 valence electrons. The number of fused-ring (bicyclic) bond motifs is 4. The lowest BCUT2D eigenvalue weighted by Gasteiger charge is -2.36. The van der Waals surface area contributed by atoms with Crippen molar-refractivity contribution in [3.8, 4) is 6.07 Å². The average molecular weight is 296 g/mol. The lowest BCUT2D eigenvalue weighted by atomic mass is 9.95. The summed E-state index contributed by atoms with van der Waals surface area (Å²) < 4.78 is 0. The third-order valence-corrected chi connectivity index (χ3v) is 5.45. The molecule has 4 nitrogen and oxygen atoms in total. The topological polar surface area (TPSA) is 43.2 Å². The van der Waals surface area contributed by atoms with Crippen LogP contribution in [0.15, 0.2) is 12.1 Å². The Morgan fingerprint density at radius 2 is 2.05 bits per heavy atom. The number of hydrogen-bond donors (Lipinski definition) is 0. The first kappa shape index (κ1) is 14.0. The highest BCUT2D eigenvalue weighted by Crippen LogP contribution is 2.36. The van der Waals surface area contributed by atoms with Gasteiger partial charge in [0.05, 0.1) is 5.56 Å². The molecular formula is C18H24N4. The van der Waals surface area contributed by atoms with Gasteiger partial charge in [0.15, 0.2) is 0 Å². The van der Waals surface area contributed by atoms with E-state index < -0.39 is 0 Å². The number of anilines is 1. The van der Waals surface area contributed by atoms with E-state index in [0.717, 1.165) is 42.0 Å². The molecule has 2 atom stereocenters. The molecule has 0 unspecified atom stereocenters. The Morgan fingerprint density at radius 3 is 2.82 bits per heavy atom. The highest BCUT2D eigenvalue weighted by molar-refractivity contribution is 5.54. The van der Waals surface area contributed by atoms with Gasteiger partial charge in [-0.25, -0.2) is 4.98 Å². The molecule has 0 aromatic carbocycles. The SMILES string of the molecule is Cc1ccc(C#N)c(N2C[C@H]3CC[C@@H](C2)N(CC2CC2)C3)n1. The minimum atomic E-state index is 0.646. The van der Waals surface area contributed by atoms with Gasteiger partial charge in [0, 0.05) is 37.9 Å². The summed E-state index contributed by atoms with van der Waals surface area (Å²) in [4.78, 5) is 9.81. The summed E-state index contributed by atoms with van der Waals surface area (Å²) in [7, 11) is 0. The van der Waals surface area contributed by atoms with Crippen LogP contribution in [0.3, 0.4) is 0 Å². The van der Waals surface area contributed by atoms with Crippen molar-refractivity contribution in [2.45, 2.75) is 38.6 Å². The van der Waals surface area contributed by atoms with E-state index in [1.54, 1.807) is 0 Å². The molecule has 2 bridgehead atoms. The summed E-state index contributed by atoms with van der Waals surface area (Å²) >= 11 is 0. The van der Waals surface area contributed by atoms with Crippen molar-refractivity contribution in [2.75, 3.05) is 31.1 Å². The van der Waals surface area contributed by atoms with Crippen LogP contribution >= 0.6 is 0 Å². The summed E-state index contributed by atoms with van der Waals surface area (Å²) in [6, 6.07) is 6.83. The minimum absolute atomic E-state index is 0.646. The molecule has 1 aromatic rings. The van der Waals surface area contributed by atoms with Gasteiger partial charge in [0.2, 0.25) is 0 Å². The first-order valence-corrected chi connectivity index (χ1v) is 8.59. The normalized spacial score (nSPS) is 28.5. The molecule has 4 heteroatoms. The van der Waals surface area contributed by atoms with Gasteiger partial charge in [-0.15, -0.1) is 0 Å². The number of pyridine rings is 1. The molecule has 3 aliphatic heterocycles. The Balaban J connectivity index is 1.59. The lowest BCUT2D eigenvalue weighted by Crippen LogP contribution is -2.44. The quantitative estimate of drug-likeness (QED) is 0.860. The van der Waals surface area contributed by atoms with Gasteiger partial charge < -0.3 is 4.90 Å². The van der Waals surface area contributed by atoms with E-state index in [9.17, 15) is 5.26 Å². The molecular weight excluding hydrogens is 272 g/mol. The Morgan fingerprint density at radius 1 is 1.18 bits per heavy atom. The number of aromatic nitrogens is 1. The van der Waals surface area contributed by atoms with E-state index in [-0.39, 0.29) is 0 Å². The molecule has 1 aromatic heterocycles. The van der Waals surface area contributed by atoms with Gasteiger partial charge >= 0.3 is 0 Å². The maximum absolute atomic E-state index is 9.41. The van der Waals surface area contributed by atoms with Crippen LogP contribution in [-0.2, 0) is 0 Å². The van der Waals surface area contributed by atoms with E-state index >= 15 is 0 Å². The fraction of sp³-hybridized carbons (Fsp3) is 0.667. The van der Waals surface area contributed by atoms with E-state index in [2.05, 4.69) is 20.9 Å². The fourth-order valence-electron chi connectivity index (χ4n) is 4.08. The van der Waals surface area contributed by atoms with Crippen LogP contribution in [0.2, 0.25) is 0 Å². The highest BCUT2D eigenvalue weighted by Gasteiger charge is 2.38. The summed E-state index contributed by atoms with van der Waals surface area (Å²) in [5.74, 6) is 2.60. The third-order valence-electron chi connectivity index (χ3n) is 5.45. The number of aryl methyl sites for hydroxylation is 1. The number of nitrogens with zero attached hydrogens (tertiary/aromatic N) is 4. The smallest absolute Gasteiger partial charge is 0.146 e. The van der Waals surface area contributed by atoms with Crippen LogP contribution < -0.4 is 4.90 Å². The zero-order chi connectivity index (χ0) is 15.1. The monoisotopic (exact) mass is 296 g/mol. The van der Waals surface area contributed by atoms with Crippen LogP contribution in [0.1, 0.15) is 36.9 Å². The molecule has 0 N–H and O–H groups in total. The third kappa shape index (κ3) is 2.70. The maximum atomic E-state index is 9.41. The van der Waals surface area contributed by atoms with Crippen molar-refractivity contribution in [3.05, 3.63) is 23.4 Å². The van der Waals surface area contributed by atoms with Gasteiger partial charge in [-0.1, -0.05) is 0 Å². The predicted molar refractivity (Wildman–Crippen MR) is 86.7 cm³/mol. The maximum Gasteiger partial charge on any atom is 0.146 e. The number of rotatable bonds is 3. The highest BCUT2D eigenvalue weighted by atomic mass is 15.3. The second-order valence-electron chi connectivity index (χ2n) is 7.34. The molecule has 3 saturated heterocycles. The van der Waals surface area contributed by atoms with Gasteiger partial charge in [0.1, 0.15) is 11.9 Å². The van der Waals surface area contributed by atoms with Crippen molar-refractivity contribution in [1.82, 2.24) is 9.88 Å². The van der Waals surface area contributed by atoms with Gasteiger partial charge in [-0.2, -0.15) is 5.26 Å². The summed E-state index contributed by atoms with van der Waals surface area (Å²) in [5.41, 5.74) is 1.72. The fourth-order valence-corrected chi connectivity index (χ4v) is 4.08. The second kappa shape index (κ2) is 5.55. The zero-order valence-electron chi connectivity index (χ0n) is 13.3. The Bertz CT molecular complexity index is 602. The van der Waals surface area contributed by atoms with Crippen LogP contribution in [0.5, 0.6) is 0 Å². The van der Waals surface area contributed by atoms with Crippen LogP contribution in [-0.4, -0.2) is 42.1 Å². The van der Waals surface area contributed by atoms with Gasteiger partial charge in [0.25, 0.3) is 0 Å². The summed E-state index contributed by atoms with van der Waals surface area (Å²) in [6.07, 6.45) is 5.49. The van der Waals surface area contributed by atoms with Crippen molar-refractivity contribution < 1.29 is 0 Å². The van der Waals surface area contributed by atoms with E-state index in [1.165, 1.54) is 38.8 Å². The largest absolute Gasteiger partial charge is 0.354 e. The lowest BCUT2D eigenvalue weighted by molar-refractivity contribution is 0.128. The molecule has 0 radical (unpaired) electrons. The minimum Gasteiger partial charge on any atom is -0.354 e. The summed E-state index contributed by atoms with van der Waals surface area (Å²) in [6.45, 7) is 6.64. The number of hydrogen-bond acceptors (Lipinski definition) is 4. The van der Waals surface area contributed by atoms with E-state index in [1.807, 2.05) is 19.1 Å². The Kier molecular flexibility index (Phi) is 3.54. The molecule has 4 heterocycles. The molecule has 1 saturated carbocycles. The molecule has 4 fully saturated rings. The van der Waals surface area contributed by atoms with Crippen molar-refractivity contribution >= 4 is 5.82 Å². The Hall–Kier alpha value is -1.60. The van der Waals surface area contributed by atoms with Crippen molar-refractivity contribution in [2.24, 2.45) is 11.8 Å². The zero-order valence-corrected chi connectivity index (χ0v) is 13.3. The molecule has 22 heavy (non-hydrogen) atoms. The predicted octanol–water partition coefficient (Wildman–Crippen LogP) is 2.57. The number of nitriles is 1. The first-order chi connectivity index (χ1) is 10.7.